The van der Waals surface area contributed by atoms with E-state index in [0.717, 1.165) is 18.5 Å². The summed E-state index contributed by atoms with van der Waals surface area (Å²) in [6.45, 7) is 6.85. The molecule has 1 aliphatic heterocycles. The van der Waals surface area contributed by atoms with E-state index in [9.17, 15) is 14.0 Å². The summed E-state index contributed by atoms with van der Waals surface area (Å²) in [6.07, 6.45) is 0.787. The van der Waals surface area contributed by atoms with Gasteiger partial charge in [0.25, 0.3) is 5.91 Å². The smallest absolute Gasteiger partial charge is 0.255 e. The molecule has 2 amide bonds. The summed E-state index contributed by atoms with van der Waals surface area (Å²) < 4.78 is 13.3. The first-order valence-corrected chi connectivity index (χ1v) is 11.0. The Hall–Kier alpha value is -2.44. The molecule has 3 rings (SSSR count). The van der Waals surface area contributed by atoms with Gasteiger partial charge in [-0.05, 0) is 42.2 Å². The minimum atomic E-state index is -0.293. The zero-order valence-electron chi connectivity index (χ0n) is 18.0. The second kappa shape index (κ2) is 10.7. The lowest BCUT2D eigenvalue weighted by molar-refractivity contribution is -0.123. The maximum absolute atomic E-state index is 13.3. The number of hydrogen-bond acceptors (Lipinski definition) is 3. The van der Waals surface area contributed by atoms with Crippen molar-refractivity contribution in [2.24, 2.45) is 5.92 Å². The van der Waals surface area contributed by atoms with E-state index in [1.54, 1.807) is 41.3 Å². The van der Waals surface area contributed by atoms with E-state index < -0.39 is 0 Å². The van der Waals surface area contributed by atoms with Gasteiger partial charge in [-0.25, -0.2) is 4.39 Å². The van der Waals surface area contributed by atoms with Gasteiger partial charge >= 0.3 is 0 Å². The lowest BCUT2D eigenvalue weighted by Crippen LogP contribution is -2.42. The fourth-order valence-corrected chi connectivity index (χ4v) is 4.08. The number of nitrogens with one attached hydrogen (secondary N) is 1. The summed E-state index contributed by atoms with van der Waals surface area (Å²) in [7, 11) is 0. The van der Waals surface area contributed by atoms with Crippen LogP contribution >= 0.6 is 11.6 Å². The molecular weight excluding hydrogens is 417 g/mol. The number of carbonyl (C=O) groups is 2. The van der Waals surface area contributed by atoms with Crippen molar-refractivity contribution in [3.8, 4) is 0 Å². The van der Waals surface area contributed by atoms with E-state index >= 15 is 0 Å². The van der Waals surface area contributed by atoms with E-state index in [4.69, 9.17) is 11.6 Å². The standard InChI is InChI=1S/C24H29ClFN3O2/c1-17(2)23(18-8-10-19(26)11-9-18)27-22(30)16-28-12-5-13-29(15-14-28)24(31)20-6-3-4-7-21(20)25/h3-4,6-11,17,23H,5,12-16H2,1-2H3,(H,27,30). The molecule has 2 aromatic carbocycles. The highest BCUT2D eigenvalue weighted by Crippen LogP contribution is 2.22. The zero-order valence-corrected chi connectivity index (χ0v) is 18.7. The molecule has 1 heterocycles. The van der Waals surface area contributed by atoms with Crippen LogP contribution < -0.4 is 5.32 Å². The van der Waals surface area contributed by atoms with Gasteiger partial charge in [0.05, 0.1) is 23.2 Å². The summed E-state index contributed by atoms with van der Waals surface area (Å²) in [5.41, 5.74) is 1.39. The van der Waals surface area contributed by atoms with Crippen LogP contribution in [0.4, 0.5) is 4.39 Å². The van der Waals surface area contributed by atoms with E-state index in [0.29, 0.717) is 30.2 Å². The molecule has 1 saturated heterocycles. The second-order valence-electron chi connectivity index (χ2n) is 8.24. The quantitative estimate of drug-likeness (QED) is 0.727. The Morgan fingerprint density at radius 1 is 1.03 bits per heavy atom. The number of halogens is 2. The molecule has 0 radical (unpaired) electrons. The van der Waals surface area contributed by atoms with Crippen LogP contribution in [0.3, 0.4) is 0 Å². The van der Waals surface area contributed by atoms with E-state index in [-0.39, 0.29) is 36.1 Å². The second-order valence-corrected chi connectivity index (χ2v) is 8.65. The van der Waals surface area contributed by atoms with Gasteiger partial charge in [0.1, 0.15) is 5.82 Å². The third kappa shape index (κ3) is 6.28. The molecule has 7 heteroatoms. The molecule has 1 atom stereocenters. The summed E-state index contributed by atoms with van der Waals surface area (Å²) in [6, 6.07) is 13.1. The molecule has 1 aliphatic rings. The number of benzene rings is 2. The molecule has 0 bridgehead atoms. The Bertz CT molecular complexity index is 904. The van der Waals surface area contributed by atoms with Crippen molar-refractivity contribution in [1.29, 1.82) is 0 Å². The molecule has 166 valence electrons. The Morgan fingerprint density at radius 3 is 2.42 bits per heavy atom. The van der Waals surface area contributed by atoms with Crippen molar-refractivity contribution < 1.29 is 14.0 Å². The van der Waals surface area contributed by atoms with Crippen molar-refractivity contribution in [3.05, 3.63) is 70.5 Å². The molecule has 31 heavy (non-hydrogen) atoms. The fraction of sp³-hybridized carbons (Fsp3) is 0.417. The largest absolute Gasteiger partial charge is 0.348 e. The minimum absolute atomic E-state index is 0.0751. The highest BCUT2D eigenvalue weighted by atomic mass is 35.5. The summed E-state index contributed by atoms with van der Waals surface area (Å²) in [5.74, 6) is -0.276. The first-order valence-electron chi connectivity index (χ1n) is 10.7. The predicted octanol–water partition coefficient (Wildman–Crippen LogP) is 4.14. The number of hydrogen-bond donors (Lipinski definition) is 1. The first kappa shape index (κ1) is 23.2. The number of rotatable bonds is 6. The molecule has 1 N–H and O–H groups in total. The molecular formula is C24H29ClFN3O2. The van der Waals surface area contributed by atoms with E-state index in [1.807, 2.05) is 13.8 Å². The SMILES string of the molecule is CC(C)C(NC(=O)CN1CCCN(C(=O)c2ccccc2Cl)CC1)c1ccc(F)cc1. The average molecular weight is 446 g/mol. The van der Waals surface area contributed by atoms with Gasteiger partial charge in [-0.3, -0.25) is 14.5 Å². The molecule has 0 spiro atoms. The number of amides is 2. The van der Waals surface area contributed by atoms with Gasteiger partial charge in [-0.1, -0.05) is 49.7 Å². The van der Waals surface area contributed by atoms with Gasteiger partial charge in [0, 0.05) is 26.2 Å². The molecule has 1 unspecified atom stereocenters. The normalized spacial score (nSPS) is 16.1. The third-order valence-electron chi connectivity index (χ3n) is 5.56. The molecule has 0 aromatic heterocycles. The van der Waals surface area contributed by atoms with Gasteiger partial charge in [-0.2, -0.15) is 0 Å². The Labute approximate surface area is 188 Å². The van der Waals surface area contributed by atoms with Gasteiger partial charge < -0.3 is 10.2 Å². The lowest BCUT2D eigenvalue weighted by Gasteiger charge is -2.26. The van der Waals surface area contributed by atoms with Crippen LogP contribution in [0, 0.1) is 11.7 Å². The van der Waals surface area contributed by atoms with Crippen molar-refractivity contribution in [3.63, 3.8) is 0 Å². The van der Waals surface area contributed by atoms with Crippen molar-refractivity contribution in [2.75, 3.05) is 32.7 Å². The van der Waals surface area contributed by atoms with Crippen molar-refractivity contribution >= 4 is 23.4 Å². The van der Waals surface area contributed by atoms with E-state index in [2.05, 4.69) is 10.2 Å². The Morgan fingerprint density at radius 2 is 1.74 bits per heavy atom. The lowest BCUT2D eigenvalue weighted by atomic mass is 9.96. The van der Waals surface area contributed by atoms with Gasteiger partial charge in [-0.15, -0.1) is 0 Å². The summed E-state index contributed by atoms with van der Waals surface area (Å²) in [4.78, 5) is 29.4. The average Bonchev–Trinajstić information content (AvgIpc) is 2.98. The molecule has 0 saturated carbocycles. The Kier molecular flexibility index (Phi) is 8.04. The van der Waals surface area contributed by atoms with Crippen LogP contribution in [0.1, 0.15) is 42.2 Å². The zero-order chi connectivity index (χ0) is 22.4. The van der Waals surface area contributed by atoms with Crippen molar-refractivity contribution in [2.45, 2.75) is 26.3 Å². The van der Waals surface area contributed by atoms with E-state index in [1.165, 1.54) is 12.1 Å². The maximum Gasteiger partial charge on any atom is 0.255 e. The summed E-state index contributed by atoms with van der Waals surface area (Å²) >= 11 is 6.18. The first-order chi connectivity index (χ1) is 14.8. The minimum Gasteiger partial charge on any atom is -0.348 e. The van der Waals surface area contributed by atoms with Crippen LogP contribution in [-0.4, -0.2) is 54.3 Å². The van der Waals surface area contributed by atoms with Crippen LogP contribution in [0.5, 0.6) is 0 Å². The van der Waals surface area contributed by atoms with Crippen molar-refractivity contribution in [1.82, 2.24) is 15.1 Å². The number of nitrogens with zero attached hydrogens (tertiary/aromatic N) is 2. The van der Waals surface area contributed by atoms with Crippen LogP contribution in [0.15, 0.2) is 48.5 Å². The molecule has 1 fully saturated rings. The fourth-order valence-electron chi connectivity index (χ4n) is 3.86. The van der Waals surface area contributed by atoms with Crippen LogP contribution in [0.25, 0.3) is 0 Å². The van der Waals surface area contributed by atoms with Gasteiger partial charge in [0.2, 0.25) is 5.91 Å². The summed E-state index contributed by atoms with van der Waals surface area (Å²) in [5, 5.41) is 3.54. The topological polar surface area (TPSA) is 52.7 Å². The van der Waals surface area contributed by atoms with Crippen LogP contribution in [0.2, 0.25) is 5.02 Å². The highest BCUT2D eigenvalue weighted by Gasteiger charge is 2.24. The van der Waals surface area contributed by atoms with Crippen LogP contribution in [-0.2, 0) is 4.79 Å². The van der Waals surface area contributed by atoms with Gasteiger partial charge in [0.15, 0.2) is 0 Å². The number of carbonyl (C=O) groups excluding carboxylic acids is 2. The molecule has 5 nitrogen and oxygen atoms in total. The third-order valence-corrected chi connectivity index (χ3v) is 5.89. The molecule has 0 aliphatic carbocycles. The highest BCUT2D eigenvalue weighted by molar-refractivity contribution is 6.33. The monoisotopic (exact) mass is 445 g/mol. The molecule has 2 aromatic rings. The predicted molar refractivity (Wildman–Crippen MR) is 121 cm³/mol. The maximum atomic E-state index is 13.3. The Balaban J connectivity index is 1.56.